The molecule has 0 aliphatic heterocycles. The van der Waals surface area contributed by atoms with Crippen LogP contribution in [0.25, 0.3) is 10.6 Å². The average molecular weight is 346 g/mol. The Hall–Kier alpha value is -1.79. The van der Waals surface area contributed by atoms with Crippen molar-refractivity contribution in [3.63, 3.8) is 0 Å². The minimum Gasteiger partial charge on any atom is -0.361 e. The maximum absolute atomic E-state index is 12.3. The molecule has 1 atom stereocenters. The number of aryl methyl sites for hydroxylation is 2. The van der Waals surface area contributed by atoms with Gasteiger partial charge in [-0.1, -0.05) is 35.5 Å². The molecule has 0 N–H and O–H groups in total. The third-order valence-corrected chi connectivity index (χ3v) is 5.86. The van der Waals surface area contributed by atoms with Crippen LogP contribution in [0.1, 0.15) is 22.7 Å². The zero-order valence-electron chi connectivity index (χ0n) is 13.1. The van der Waals surface area contributed by atoms with E-state index in [1.54, 1.807) is 11.3 Å². The lowest BCUT2D eigenvalue weighted by Gasteiger charge is -2.00. The van der Waals surface area contributed by atoms with E-state index in [-0.39, 0.29) is 0 Å². The van der Waals surface area contributed by atoms with Gasteiger partial charge >= 0.3 is 0 Å². The molecule has 0 aliphatic carbocycles. The quantitative estimate of drug-likeness (QED) is 0.679. The van der Waals surface area contributed by atoms with E-state index in [9.17, 15) is 4.21 Å². The van der Waals surface area contributed by atoms with Crippen molar-refractivity contribution < 1.29 is 8.73 Å². The van der Waals surface area contributed by atoms with E-state index < -0.39 is 10.8 Å². The van der Waals surface area contributed by atoms with Gasteiger partial charge in [0.25, 0.3) is 0 Å². The Morgan fingerprint density at radius 3 is 2.70 bits per heavy atom. The lowest BCUT2D eigenvalue weighted by Crippen LogP contribution is -2.05. The second-order valence-electron chi connectivity index (χ2n) is 5.35. The molecule has 0 radical (unpaired) electrons. The fraction of sp³-hybridized carbons (Fsp3) is 0.294. The van der Waals surface area contributed by atoms with Crippen LogP contribution in [-0.4, -0.2) is 20.1 Å². The molecule has 4 nitrogen and oxygen atoms in total. The summed E-state index contributed by atoms with van der Waals surface area (Å²) < 4.78 is 17.4. The van der Waals surface area contributed by atoms with Gasteiger partial charge in [0, 0.05) is 33.1 Å². The van der Waals surface area contributed by atoms with Crippen LogP contribution in [0.3, 0.4) is 0 Å². The fourth-order valence-electron chi connectivity index (χ4n) is 2.40. The van der Waals surface area contributed by atoms with Crippen molar-refractivity contribution in [2.75, 3.05) is 5.75 Å². The molecular formula is C17H18N2O2S2. The summed E-state index contributed by atoms with van der Waals surface area (Å²) in [5.41, 5.74) is 3.96. The van der Waals surface area contributed by atoms with Crippen LogP contribution in [0.15, 0.2) is 40.2 Å². The lowest BCUT2D eigenvalue weighted by atomic mass is 10.1. The topological polar surface area (TPSA) is 56.0 Å². The van der Waals surface area contributed by atoms with Gasteiger partial charge in [0.05, 0.1) is 17.1 Å². The summed E-state index contributed by atoms with van der Waals surface area (Å²) >= 11 is 1.59. The summed E-state index contributed by atoms with van der Waals surface area (Å²) in [4.78, 5) is 4.60. The van der Waals surface area contributed by atoms with Gasteiger partial charge in [-0.3, -0.25) is 4.21 Å². The molecule has 2 aromatic heterocycles. The molecule has 1 aromatic carbocycles. The van der Waals surface area contributed by atoms with Crippen LogP contribution in [0.5, 0.6) is 0 Å². The van der Waals surface area contributed by atoms with E-state index in [1.807, 2.05) is 49.6 Å². The normalized spacial score (nSPS) is 12.4. The van der Waals surface area contributed by atoms with E-state index in [2.05, 4.69) is 10.1 Å². The van der Waals surface area contributed by atoms with Crippen LogP contribution >= 0.6 is 11.3 Å². The average Bonchev–Trinajstić information content (AvgIpc) is 3.14. The third kappa shape index (κ3) is 3.95. The second-order valence-corrected chi connectivity index (χ2v) is 7.79. The van der Waals surface area contributed by atoms with Crippen LogP contribution in [0.4, 0.5) is 0 Å². The Morgan fingerprint density at radius 2 is 2.00 bits per heavy atom. The smallest absolute Gasteiger partial charge is 0.137 e. The summed E-state index contributed by atoms with van der Waals surface area (Å²) in [5, 5.41) is 6.90. The van der Waals surface area contributed by atoms with Gasteiger partial charge in [-0.15, -0.1) is 11.3 Å². The predicted octanol–water partition coefficient (Wildman–Crippen LogP) is 3.91. The highest BCUT2D eigenvalue weighted by Gasteiger charge is 2.12. The summed E-state index contributed by atoms with van der Waals surface area (Å²) in [6, 6.07) is 10.1. The van der Waals surface area contributed by atoms with E-state index in [1.165, 1.54) is 0 Å². The highest BCUT2D eigenvalue weighted by molar-refractivity contribution is 7.84. The van der Waals surface area contributed by atoms with Gasteiger partial charge in [-0.2, -0.15) is 0 Å². The molecule has 3 aromatic rings. The molecule has 0 saturated heterocycles. The zero-order valence-corrected chi connectivity index (χ0v) is 14.7. The number of rotatable bonds is 6. The number of hydrogen-bond acceptors (Lipinski definition) is 5. The Morgan fingerprint density at radius 1 is 1.22 bits per heavy atom. The van der Waals surface area contributed by atoms with Crippen LogP contribution < -0.4 is 0 Å². The molecule has 0 spiro atoms. The van der Waals surface area contributed by atoms with Crippen molar-refractivity contribution in [1.82, 2.24) is 10.1 Å². The first-order valence-corrected chi connectivity index (χ1v) is 9.77. The molecule has 3 rings (SSSR count). The highest BCUT2D eigenvalue weighted by atomic mass is 32.2. The lowest BCUT2D eigenvalue weighted by molar-refractivity contribution is 0.392. The van der Waals surface area contributed by atoms with Crippen molar-refractivity contribution in [1.29, 1.82) is 0 Å². The number of benzene rings is 1. The molecule has 0 saturated carbocycles. The molecule has 23 heavy (non-hydrogen) atoms. The number of aromatic nitrogens is 2. The van der Waals surface area contributed by atoms with Gasteiger partial charge in [0.1, 0.15) is 10.8 Å². The van der Waals surface area contributed by atoms with Gasteiger partial charge in [-0.25, -0.2) is 4.98 Å². The Kier molecular flexibility index (Phi) is 5.03. The molecule has 6 heteroatoms. The maximum Gasteiger partial charge on any atom is 0.137 e. The van der Waals surface area contributed by atoms with E-state index in [0.29, 0.717) is 11.5 Å². The SMILES string of the molecule is Cc1noc(C)c1CC[S@](=O)Cc1csc(-c2ccccc2)n1. The number of nitrogens with zero attached hydrogens (tertiary/aromatic N) is 2. The fourth-order valence-corrected chi connectivity index (χ4v) is 4.38. The van der Waals surface area contributed by atoms with E-state index >= 15 is 0 Å². The van der Waals surface area contributed by atoms with Gasteiger partial charge < -0.3 is 4.52 Å². The molecule has 0 amide bonds. The maximum atomic E-state index is 12.3. The third-order valence-electron chi connectivity index (χ3n) is 3.64. The molecule has 0 aliphatic rings. The Balaban J connectivity index is 1.59. The Labute approximate surface area is 142 Å². The van der Waals surface area contributed by atoms with Gasteiger partial charge in [0.2, 0.25) is 0 Å². The Bertz CT molecular complexity index is 790. The van der Waals surface area contributed by atoms with Gasteiger partial charge in [-0.05, 0) is 20.3 Å². The highest BCUT2D eigenvalue weighted by Crippen LogP contribution is 2.24. The molecule has 0 unspecified atom stereocenters. The monoisotopic (exact) mass is 346 g/mol. The van der Waals surface area contributed by atoms with Crippen molar-refractivity contribution in [2.24, 2.45) is 0 Å². The largest absolute Gasteiger partial charge is 0.361 e. The summed E-state index contributed by atoms with van der Waals surface area (Å²) in [7, 11) is -0.940. The molecule has 2 heterocycles. The molecule has 120 valence electrons. The van der Waals surface area contributed by atoms with Crippen molar-refractivity contribution in [2.45, 2.75) is 26.0 Å². The van der Waals surface area contributed by atoms with Crippen LogP contribution in [0, 0.1) is 13.8 Å². The second kappa shape index (κ2) is 7.19. The van der Waals surface area contributed by atoms with Crippen molar-refractivity contribution >= 4 is 22.1 Å². The zero-order chi connectivity index (χ0) is 16.2. The van der Waals surface area contributed by atoms with Crippen LogP contribution in [-0.2, 0) is 23.0 Å². The minimum atomic E-state index is -0.940. The summed E-state index contributed by atoms with van der Waals surface area (Å²) in [6.45, 7) is 3.81. The summed E-state index contributed by atoms with van der Waals surface area (Å²) in [6.07, 6.45) is 0.726. The van der Waals surface area contributed by atoms with Gasteiger partial charge in [0.15, 0.2) is 0 Å². The first-order chi connectivity index (χ1) is 11.1. The number of thiazole rings is 1. The predicted molar refractivity (Wildman–Crippen MR) is 93.9 cm³/mol. The first kappa shape index (κ1) is 16.1. The van der Waals surface area contributed by atoms with Crippen molar-refractivity contribution in [3.8, 4) is 10.6 Å². The molecule has 0 bridgehead atoms. The minimum absolute atomic E-state index is 0.493. The van der Waals surface area contributed by atoms with Crippen molar-refractivity contribution in [3.05, 3.63) is 58.4 Å². The molecular weight excluding hydrogens is 328 g/mol. The molecule has 0 fully saturated rings. The van der Waals surface area contributed by atoms with Crippen LogP contribution in [0.2, 0.25) is 0 Å². The standard InChI is InChI=1S/C17H18N2O2S2/c1-12-16(13(2)21-19-12)8-9-23(20)11-15-10-22-17(18-15)14-6-4-3-5-7-14/h3-7,10H,8-9,11H2,1-2H3/t23-/m0/s1. The number of hydrogen-bond donors (Lipinski definition) is 0. The first-order valence-electron chi connectivity index (χ1n) is 7.40. The van der Waals surface area contributed by atoms with E-state index in [0.717, 1.165) is 39.7 Å². The van der Waals surface area contributed by atoms with E-state index in [4.69, 9.17) is 4.52 Å². The summed E-state index contributed by atoms with van der Waals surface area (Å²) in [5.74, 6) is 1.91.